The number of hydrogen-bond acceptors (Lipinski definition) is 3. The molecule has 0 atom stereocenters. The fourth-order valence-corrected chi connectivity index (χ4v) is 1.66. The Morgan fingerprint density at radius 2 is 2.06 bits per heavy atom. The van der Waals surface area contributed by atoms with Gasteiger partial charge in [-0.1, -0.05) is 26.0 Å². The van der Waals surface area contributed by atoms with Crippen molar-refractivity contribution in [3.05, 3.63) is 29.8 Å². The average Bonchev–Trinajstić information content (AvgIpc) is 2.36. The predicted molar refractivity (Wildman–Crippen MR) is 70.8 cm³/mol. The van der Waals surface area contributed by atoms with Crippen LogP contribution in [0, 0.1) is 0 Å². The van der Waals surface area contributed by atoms with Crippen LogP contribution in [0.2, 0.25) is 0 Å². The van der Waals surface area contributed by atoms with E-state index >= 15 is 0 Å². The number of carbonyl (C=O) groups is 1. The summed E-state index contributed by atoms with van der Waals surface area (Å²) >= 11 is 0. The fourth-order valence-electron chi connectivity index (χ4n) is 1.66. The van der Waals surface area contributed by atoms with Crippen molar-refractivity contribution in [2.75, 3.05) is 25.0 Å². The lowest BCUT2D eigenvalue weighted by Crippen LogP contribution is -2.23. The highest BCUT2D eigenvalue weighted by Crippen LogP contribution is 2.12. The zero-order valence-electron chi connectivity index (χ0n) is 10.6. The van der Waals surface area contributed by atoms with Crippen LogP contribution < -0.4 is 11.1 Å². The molecule has 0 saturated heterocycles. The minimum Gasteiger partial charge on any atom is -0.325 e. The maximum absolute atomic E-state index is 11.2. The summed E-state index contributed by atoms with van der Waals surface area (Å²) < 4.78 is 0. The van der Waals surface area contributed by atoms with Gasteiger partial charge in [-0.05, 0) is 30.8 Å². The number of anilines is 1. The molecule has 0 fully saturated rings. The number of carbonyl (C=O) groups excluding carboxylic acids is 1. The number of nitrogens with two attached hydrogens (primary N) is 1. The Morgan fingerprint density at radius 3 is 2.65 bits per heavy atom. The van der Waals surface area contributed by atoms with Crippen molar-refractivity contribution in [1.82, 2.24) is 4.90 Å². The molecule has 0 unspecified atom stereocenters. The van der Waals surface area contributed by atoms with Crippen LogP contribution in [-0.2, 0) is 11.3 Å². The maximum Gasteiger partial charge on any atom is 0.238 e. The summed E-state index contributed by atoms with van der Waals surface area (Å²) in [5.41, 5.74) is 7.27. The first kappa shape index (κ1) is 13.7. The molecule has 0 radical (unpaired) electrons. The first-order valence-electron chi connectivity index (χ1n) is 6.00. The molecule has 1 amide bonds. The molecule has 17 heavy (non-hydrogen) atoms. The van der Waals surface area contributed by atoms with Gasteiger partial charge < -0.3 is 11.1 Å². The van der Waals surface area contributed by atoms with Gasteiger partial charge in [0.25, 0.3) is 0 Å². The molecule has 0 heterocycles. The first-order chi connectivity index (χ1) is 8.19. The summed E-state index contributed by atoms with van der Waals surface area (Å²) in [5.74, 6) is -0.162. The third-order valence-corrected chi connectivity index (χ3v) is 2.70. The molecular weight excluding hydrogens is 214 g/mol. The molecule has 1 rings (SSSR count). The highest BCUT2D eigenvalue weighted by atomic mass is 16.1. The zero-order chi connectivity index (χ0) is 12.7. The summed E-state index contributed by atoms with van der Waals surface area (Å²) in [6, 6.07) is 7.88. The van der Waals surface area contributed by atoms with Gasteiger partial charge in [0, 0.05) is 12.2 Å². The second-order valence-electron chi connectivity index (χ2n) is 3.91. The second kappa shape index (κ2) is 7.04. The Morgan fingerprint density at radius 1 is 1.35 bits per heavy atom. The molecule has 1 aromatic carbocycles. The van der Waals surface area contributed by atoms with Gasteiger partial charge in [0.1, 0.15) is 0 Å². The van der Waals surface area contributed by atoms with E-state index in [-0.39, 0.29) is 12.5 Å². The van der Waals surface area contributed by atoms with Crippen LogP contribution in [-0.4, -0.2) is 30.4 Å². The lowest BCUT2D eigenvalue weighted by molar-refractivity contribution is -0.114. The molecule has 1 aromatic rings. The Labute approximate surface area is 103 Å². The molecule has 4 heteroatoms. The van der Waals surface area contributed by atoms with Crippen LogP contribution in [0.4, 0.5) is 5.69 Å². The van der Waals surface area contributed by atoms with E-state index in [0.29, 0.717) is 0 Å². The van der Waals surface area contributed by atoms with Crippen molar-refractivity contribution in [2.24, 2.45) is 5.73 Å². The molecular formula is C13H21N3O. The third kappa shape index (κ3) is 4.54. The van der Waals surface area contributed by atoms with E-state index < -0.39 is 0 Å². The molecule has 0 spiro atoms. The van der Waals surface area contributed by atoms with E-state index in [1.807, 2.05) is 18.2 Å². The van der Waals surface area contributed by atoms with Crippen molar-refractivity contribution >= 4 is 11.6 Å². The zero-order valence-corrected chi connectivity index (χ0v) is 10.6. The van der Waals surface area contributed by atoms with E-state index in [2.05, 4.69) is 30.1 Å². The maximum atomic E-state index is 11.2. The summed E-state index contributed by atoms with van der Waals surface area (Å²) in [6.45, 7) is 7.25. The van der Waals surface area contributed by atoms with Crippen molar-refractivity contribution in [2.45, 2.75) is 20.4 Å². The molecule has 0 saturated carbocycles. The third-order valence-electron chi connectivity index (χ3n) is 2.70. The lowest BCUT2D eigenvalue weighted by atomic mass is 10.2. The van der Waals surface area contributed by atoms with Gasteiger partial charge in [-0.25, -0.2) is 0 Å². The van der Waals surface area contributed by atoms with Gasteiger partial charge in [0.15, 0.2) is 0 Å². The van der Waals surface area contributed by atoms with Crippen LogP contribution in [0.5, 0.6) is 0 Å². The Bertz CT molecular complexity index is 361. The van der Waals surface area contributed by atoms with Crippen LogP contribution >= 0.6 is 0 Å². The number of nitrogens with one attached hydrogen (secondary N) is 1. The van der Waals surface area contributed by atoms with E-state index in [1.54, 1.807) is 0 Å². The first-order valence-corrected chi connectivity index (χ1v) is 6.00. The van der Waals surface area contributed by atoms with Gasteiger partial charge in [0.05, 0.1) is 6.54 Å². The highest BCUT2D eigenvalue weighted by molar-refractivity contribution is 5.92. The summed E-state index contributed by atoms with van der Waals surface area (Å²) in [7, 11) is 0. The summed E-state index contributed by atoms with van der Waals surface area (Å²) in [5, 5.41) is 2.76. The van der Waals surface area contributed by atoms with E-state index in [9.17, 15) is 4.79 Å². The Hall–Kier alpha value is -1.39. The Kier molecular flexibility index (Phi) is 5.66. The minimum atomic E-state index is -0.162. The normalized spacial score (nSPS) is 10.6. The number of benzene rings is 1. The van der Waals surface area contributed by atoms with Gasteiger partial charge >= 0.3 is 0 Å². The van der Waals surface area contributed by atoms with E-state index in [0.717, 1.165) is 25.3 Å². The average molecular weight is 235 g/mol. The van der Waals surface area contributed by atoms with Gasteiger partial charge in [0.2, 0.25) is 5.91 Å². The topological polar surface area (TPSA) is 58.4 Å². The largest absolute Gasteiger partial charge is 0.325 e. The van der Waals surface area contributed by atoms with E-state index in [4.69, 9.17) is 5.73 Å². The van der Waals surface area contributed by atoms with Crippen molar-refractivity contribution in [3.63, 3.8) is 0 Å². The summed E-state index contributed by atoms with van der Waals surface area (Å²) in [6.07, 6.45) is 0. The monoisotopic (exact) mass is 235 g/mol. The van der Waals surface area contributed by atoms with Gasteiger partial charge in [-0.3, -0.25) is 9.69 Å². The van der Waals surface area contributed by atoms with Gasteiger partial charge in [-0.15, -0.1) is 0 Å². The lowest BCUT2D eigenvalue weighted by Gasteiger charge is -2.18. The van der Waals surface area contributed by atoms with Crippen LogP contribution in [0.15, 0.2) is 24.3 Å². The molecule has 0 bridgehead atoms. The molecule has 3 N–H and O–H groups in total. The van der Waals surface area contributed by atoms with E-state index in [1.165, 1.54) is 5.56 Å². The Balaban J connectivity index is 2.68. The molecule has 4 nitrogen and oxygen atoms in total. The quantitative estimate of drug-likeness (QED) is 0.784. The number of hydrogen-bond donors (Lipinski definition) is 2. The van der Waals surface area contributed by atoms with Crippen molar-refractivity contribution < 1.29 is 4.79 Å². The van der Waals surface area contributed by atoms with Crippen LogP contribution in [0.25, 0.3) is 0 Å². The highest BCUT2D eigenvalue weighted by Gasteiger charge is 2.03. The second-order valence-corrected chi connectivity index (χ2v) is 3.91. The number of rotatable bonds is 6. The molecule has 0 aliphatic heterocycles. The molecule has 0 aliphatic carbocycles. The minimum absolute atomic E-state index is 0.0142. The molecule has 94 valence electrons. The molecule has 0 aliphatic rings. The van der Waals surface area contributed by atoms with Crippen molar-refractivity contribution in [3.8, 4) is 0 Å². The van der Waals surface area contributed by atoms with Crippen molar-refractivity contribution in [1.29, 1.82) is 0 Å². The molecule has 0 aromatic heterocycles. The fraction of sp³-hybridized carbons (Fsp3) is 0.462. The SMILES string of the molecule is CCN(CC)Cc1cccc(NC(=O)CN)c1. The van der Waals surface area contributed by atoms with Gasteiger partial charge in [-0.2, -0.15) is 0 Å². The van der Waals surface area contributed by atoms with Crippen LogP contribution in [0.1, 0.15) is 19.4 Å². The number of nitrogens with zero attached hydrogens (tertiary/aromatic N) is 1. The number of amides is 1. The predicted octanol–water partition coefficient (Wildman–Crippen LogP) is 1.43. The smallest absolute Gasteiger partial charge is 0.238 e. The standard InChI is InChI=1S/C13H21N3O/c1-3-16(4-2)10-11-6-5-7-12(8-11)15-13(17)9-14/h5-8H,3-4,9-10,14H2,1-2H3,(H,15,17). The summed E-state index contributed by atoms with van der Waals surface area (Å²) in [4.78, 5) is 13.5. The van der Waals surface area contributed by atoms with Crippen LogP contribution in [0.3, 0.4) is 0 Å².